The Balaban J connectivity index is 1.19. The molecule has 0 radical (unpaired) electrons. The summed E-state index contributed by atoms with van der Waals surface area (Å²) in [7, 11) is 0. The maximum Gasteiger partial charge on any atom is 0.255 e. The lowest BCUT2D eigenvalue weighted by Gasteiger charge is -2.36. The van der Waals surface area contributed by atoms with E-state index in [9.17, 15) is 14.0 Å². The highest BCUT2D eigenvalue weighted by Gasteiger charge is 2.43. The van der Waals surface area contributed by atoms with Crippen LogP contribution in [0.1, 0.15) is 40.3 Å². The average Bonchev–Trinajstić information content (AvgIpc) is 3.81. The Kier molecular flexibility index (Phi) is 7.59. The first-order valence-corrected chi connectivity index (χ1v) is 15.9. The summed E-state index contributed by atoms with van der Waals surface area (Å²) in [5.41, 5.74) is 3.30. The fourth-order valence-electron chi connectivity index (χ4n) is 6.40. The summed E-state index contributed by atoms with van der Waals surface area (Å²) in [6, 6.07) is 7.47. The van der Waals surface area contributed by atoms with Gasteiger partial charge < -0.3 is 19.3 Å². The van der Waals surface area contributed by atoms with Gasteiger partial charge in [0.2, 0.25) is 0 Å². The highest BCUT2D eigenvalue weighted by molar-refractivity contribution is 7.13. The number of carbonyl (C=O) groups is 2. The molecule has 2 aromatic carbocycles. The zero-order valence-corrected chi connectivity index (χ0v) is 25.5. The van der Waals surface area contributed by atoms with Crippen LogP contribution >= 0.6 is 22.9 Å². The van der Waals surface area contributed by atoms with Gasteiger partial charge in [-0.1, -0.05) is 24.6 Å². The van der Waals surface area contributed by atoms with E-state index in [4.69, 9.17) is 11.6 Å². The summed E-state index contributed by atoms with van der Waals surface area (Å²) in [6.07, 6.45) is 2.00. The number of amides is 2. The molecule has 4 aromatic rings. The number of aromatic nitrogens is 3. The second-order valence-corrected chi connectivity index (χ2v) is 12.6. The van der Waals surface area contributed by atoms with Crippen LogP contribution in [-0.2, 0) is 24.3 Å². The Morgan fingerprint density at radius 1 is 1.16 bits per heavy atom. The van der Waals surface area contributed by atoms with E-state index < -0.39 is 29.8 Å². The number of fused-ring (bicyclic) bond motifs is 2. The number of carbonyl (C=O) groups excluding carboxylic acids is 2. The fourth-order valence-corrected chi connectivity index (χ4v) is 7.23. The molecule has 5 heterocycles. The molecule has 0 spiro atoms. The Morgan fingerprint density at radius 2 is 1.98 bits per heavy atom. The number of thiazole rings is 1. The number of benzene rings is 2. The molecule has 9 nitrogen and oxygen atoms in total. The van der Waals surface area contributed by atoms with Crippen LogP contribution in [0.2, 0.25) is 5.02 Å². The van der Waals surface area contributed by atoms with Crippen molar-refractivity contribution in [1.29, 1.82) is 0 Å². The lowest BCUT2D eigenvalue weighted by molar-refractivity contribution is -0.121. The Hall–Kier alpha value is -3.87. The fraction of sp³-hybridized carbons (Fsp3) is 0.355. The predicted octanol–water partition coefficient (Wildman–Crippen LogP) is 5.17. The molecule has 1 unspecified atom stereocenters. The first-order chi connectivity index (χ1) is 21.3. The lowest BCUT2D eigenvalue weighted by atomic mass is 9.99. The van der Waals surface area contributed by atoms with Gasteiger partial charge in [-0.15, -0.1) is 11.3 Å². The highest BCUT2D eigenvalue weighted by atomic mass is 35.5. The van der Waals surface area contributed by atoms with E-state index in [2.05, 4.69) is 32.0 Å². The summed E-state index contributed by atoms with van der Waals surface area (Å²) in [5, 5.41) is 5.37. The molecular weight excluding hydrogens is 608 g/mol. The number of rotatable bonds is 7. The van der Waals surface area contributed by atoms with Gasteiger partial charge in [0.25, 0.3) is 11.8 Å². The van der Waals surface area contributed by atoms with E-state index >= 15 is 4.39 Å². The van der Waals surface area contributed by atoms with Crippen LogP contribution in [0.3, 0.4) is 0 Å². The smallest absolute Gasteiger partial charge is 0.255 e. The van der Waals surface area contributed by atoms with E-state index in [-0.39, 0.29) is 36.3 Å². The van der Waals surface area contributed by atoms with Gasteiger partial charge in [0.15, 0.2) is 11.2 Å². The van der Waals surface area contributed by atoms with Gasteiger partial charge in [-0.05, 0) is 41.9 Å². The summed E-state index contributed by atoms with van der Waals surface area (Å²) >= 11 is 7.96. The number of anilines is 2. The summed E-state index contributed by atoms with van der Waals surface area (Å²) < 4.78 is 31.7. The Labute approximate surface area is 262 Å². The van der Waals surface area contributed by atoms with Crippen molar-refractivity contribution in [3.8, 4) is 11.1 Å². The molecule has 3 aliphatic heterocycles. The number of piperazine rings is 1. The van der Waals surface area contributed by atoms with Gasteiger partial charge in [0.05, 0.1) is 35.8 Å². The molecule has 1 saturated heterocycles. The molecule has 1 fully saturated rings. The molecule has 2 amide bonds. The molecule has 1 N–H and O–H groups in total. The van der Waals surface area contributed by atoms with Crippen molar-refractivity contribution in [1.82, 2.24) is 24.3 Å². The summed E-state index contributed by atoms with van der Waals surface area (Å²) in [4.78, 5) is 42.1. The third kappa shape index (κ3) is 5.14. The molecular formula is C31H30ClF2N7O2S. The number of nitrogens with one attached hydrogen (secondary N) is 1. The molecule has 0 saturated carbocycles. The first kappa shape index (κ1) is 28.9. The molecule has 2 atom stereocenters. The van der Waals surface area contributed by atoms with Crippen LogP contribution in [0.15, 0.2) is 48.2 Å². The van der Waals surface area contributed by atoms with Crippen molar-refractivity contribution in [2.24, 2.45) is 0 Å². The zero-order valence-electron chi connectivity index (χ0n) is 24.0. The molecule has 0 aliphatic carbocycles. The van der Waals surface area contributed by atoms with Crippen molar-refractivity contribution in [2.75, 3.05) is 42.9 Å². The zero-order chi connectivity index (χ0) is 30.5. The number of alkyl halides is 1. The average molecular weight is 638 g/mol. The van der Waals surface area contributed by atoms with E-state index in [1.165, 1.54) is 28.6 Å². The summed E-state index contributed by atoms with van der Waals surface area (Å²) in [6.45, 7) is 6.82. The number of likely N-dealkylation sites (N-methyl/N-ethyl adjacent to an activating group) is 1. The highest BCUT2D eigenvalue weighted by Crippen LogP contribution is 2.39. The van der Waals surface area contributed by atoms with Crippen LogP contribution < -0.4 is 10.2 Å². The van der Waals surface area contributed by atoms with E-state index in [1.54, 1.807) is 28.3 Å². The van der Waals surface area contributed by atoms with Crippen molar-refractivity contribution in [2.45, 2.75) is 38.6 Å². The van der Waals surface area contributed by atoms with Crippen LogP contribution in [-0.4, -0.2) is 75.0 Å². The van der Waals surface area contributed by atoms with Crippen LogP contribution in [0.4, 0.5) is 19.6 Å². The molecule has 7 rings (SSSR count). The maximum atomic E-state index is 15.7. The van der Waals surface area contributed by atoms with E-state index in [0.717, 1.165) is 38.4 Å². The minimum absolute atomic E-state index is 0.0783. The van der Waals surface area contributed by atoms with Crippen LogP contribution in [0.25, 0.3) is 11.1 Å². The maximum absolute atomic E-state index is 15.7. The number of nitrogens with zero attached hydrogens (tertiary/aromatic N) is 6. The Bertz CT molecular complexity index is 1740. The van der Waals surface area contributed by atoms with Gasteiger partial charge in [-0.3, -0.25) is 14.9 Å². The quantitative estimate of drug-likeness (QED) is 0.301. The first-order valence-electron chi connectivity index (χ1n) is 14.6. The van der Waals surface area contributed by atoms with Crippen LogP contribution in [0, 0.1) is 5.82 Å². The minimum Gasteiger partial charge on any atom is -0.368 e. The van der Waals surface area contributed by atoms with E-state index in [1.807, 2.05) is 12.1 Å². The molecule has 0 bridgehead atoms. The second kappa shape index (κ2) is 11.6. The van der Waals surface area contributed by atoms with Gasteiger partial charge in [0, 0.05) is 61.0 Å². The molecule has 228 valence electrons. The molecule has 2 aromatic heterocycles. The van der Waals surface area contributed by atoms with Gasteiger partial charge in [-0.25, -0.2) is 18.7 Å². The van der Waals surface area contributed by atoms with Gasteiger partial charge in [-0.2, -0.15) is 0 Å². The third-order valence-electron chi connectivity index (χ3n) is 8.73. The van der Waals surface area contributed by atoms with Crippen molar-refractivity contribution in [3.05, 3.63) is 81.6 Å². The minimum atomic E-state index is -1.20. The predicted molar refractivity (Wildman–Crippen MR) is 165 cm³/mol. The monoisotopic (exact) mass is 637 g/mol. The van der Waals surface area contributed by atoms with Crippen molar-refractivity contribution >= 4 is 45.6 Å². The van der Waals surface area contributed by atoms with Crippen LogP contribution in [0.5, 0.6) is 0 Å². The molecule has 13 heteroatoms. The number of hydrogen-bond donors (Lipinski definition) is 1. The number of imidazole rings is 1. The largest absolute Gasteiger partial charge is 0.368 e. The molecule has 44 heavy (non-hydrogen) atoms. The number of hydrogen-bond acceptors (Lipinski definition) is 7. The lowest BCUT2D eigenvalue weighted by Crippen LogP contribution is -2.46. The topological polar surface area (TPSA) is 86.6 Å². The SMILES string of the molecule is CCN1CCN(c2ccc(-c3cc(F)c4c(c3)C(=O)N(C(C(=O)Nc3nccs3)c3ncn5c3C[C@@H](F)C5)C4)cc2Cl)CC1. The standard InChI is InChI=1S/C31H30ClF2N7O2S/c1-2-38-6-8-39(9-7-38)25-4-3-18(12-23(25)32)19-11-21-22(24(34)13-19)16-41(30(21)43)28(29(42)37-31-35-5-10-44-31)27-26-14-20(33)15-40(26)17-36-27/h3-5,10-13,17,20,28H,2,6-9,14-16H2,1H3,(H,35,37,42)/t20-,28?/m1/s1. The summed E-state index contributed by atoms with van der Waals surface area (Å²) in [5.74, 6) is -1.61. The number of halogens is 3. The normalized spacial score (nSPS) is 18.9. The van der Waals surface area contributed by atoms with Gasteiger partial charge >= 0.3 is 0 Å². The van der Waals surface area contributed by atoms with Gasteiger partial charge in [0.1, 0.15) is 12.0 Å². The third-order valence-corrected chi connectivity index (χ3v) is 9.72. The molecule has 3 aliphatic rings. The van der Waals surface area contributed by atoms with Crippen molar-refractivity contribution in [3.63, 3.8) is 0 Å². The Morgan fingerprint density at radius 3 is 2.70 bits per heavy atom. The van der Waals surface area contributed by atoms with E-state index in [0.29, 0.717) is 27.0 Å². The van der Waals surface area contributed by atoms with Crippen molar-refractivity contribution < 1.29 is 18.4 Å². The second-order valence-electron chi connectivity index (χ2n) is 11.3.